The lowest BCUT2D eigenvalue weighted by Gasteiger charge is -2.07. The number of thiophene rings is 1. The molecule has 0 radical (unpaired) electrons. The van der Waals surface area contributed by atoms with Gasteiger partial charge in [0.2, 0.25) is 0 Å². The molecule has 8 heteroatoms. The summed E-state index contributed by atoms with van der Waals surface area (Å²) in [5.74, 6) is 0.745. The van der Waals surface area contributed by atoms with Crippen molar-refractivity contribution in [2.24, 2.45) is 5.73 Å². The Morgan fingerprint density at radius 1 is 1.42 bits per heavy atom. The molecular formula is C18H22N6OS. The van der Waals surface area contributed by atoms with Crippen LogP contribution in [0, 0.1) is 6.92 Å². The number of nitrogens with zero attached hydrogens (tertiary/aromatic N) is 3. The Hall–Kier alpha value is -2.71. The van der Waals surface area contributed by atoms with Crippen LogP contribution in [0.2, 0.25) is 0 Å². The van der Waals surface area contributed by atoms with Crippen LogP contribution in [0.3, 0.4) is 0 Å². The van der Waals surface area contributed by atoms with Crippen molar-refractivity contribution in [2.45, 2.75) is 20.8 Å². The Morgan fingerprint density at radius 3 is 2.96 bits per heavy atom. The third-order valence-electron chi connectivity index (χ3n) is 3.82. The number of ketones is 1. The van der Waals surface area contributed by atoms with Crippen LogP contribution in [0.1, 0.15) is 24.4 Å². The standard InChI is InChI=1S/C18H22N6OS/c1-11(9-20-6-4-13(3)25)15-8-14-18(26-15)24-12(2)10-22-17(24)16(23-14)21-7-5-19/h4,6,8-10,20H,5,7,19H2,1-3H3,(H,21,23)/b6-4-,11-9+. The van der Waals surface area contributed by atoms with E-state index in [0.717, 1.165) is 38.0 Å². The van der Waals surface area contributed by atoms with Gasteiger partial charge in [0.15, 0.2) is 17.2 Å². The molecule has 0 spiro atoms. The van der Waals surface area contributed by atoms with E-state index >= 15 is 0 Å². The van der Waals surface area contributed by atoms with E-state index in [-0.39, 0.29) is 5.78 Å². The number of rotatable bonds is 7. The fourth-order valence-electron chi connectivity index (χ4n) is 2.56. The molecule has 4 N–H and O–H groups in total. The molecule has 0 bridgehead atoms. The molecule has 0 unspecified atom stereocenters. The number of aromatic nitrogens is 3. The lowest BCUT2D eigenvalue weighted by Crippen LogP contribution is -2.14. The van der Waals surface area contributed by atoms with Crippen LogP contribution in [0.15, 0.2) is 30.7 Å². The summed E-state index contributed by atoms with van der Waals surface area (Å²) in [6.07, 6.45) is 6.84. The molecule has 3 aromatic rings. The van der Waals surface area contributed by atoms with E-state index in [1.165, 1.54) is 13.0 Å². The number of nitrogens with two attached hydrogens (primary N) is 1. The molecule has 0 aliphatic heterocycles. The molecule has 0 saturated carbocycles. The van der Waals surface area contributed by atoms with E-state index in [4.69, 9.17) is 10.7 Å². The number of allylic oxidation sites excluding steroid dienone is 2. The quantitative estimate of drug-likeness (QED) is 0.553. The predicted octanol–water partition coefficient (Wildman–Crippen LogP) is 2.68. The first kappa shape index (κ1) is 18.1. The molecule has 3 aromatic heterocycles. The van der Waals surface area contributed by atoms with Gasteiger partial charge in [-0.2, -0.15) is 0 Å². The van der Waals surface area contributed by atoms with Crippen molar-refractivity contribution in [1.29, 1.82) is 0 Å². The number of anilines is 1. The molecule has 0 aromatic carbocycles. The first-order chi connectivity index (χ1) is 12.5. The smallest absolute Gasteiger partial charge is 0.181 e. The number of nitrogens with one attached hydrogen (secondary N) is 2. The summed E-state index contributed by atoms with van der Waals surface area (Å²) in [7, 11) is 0. The van der Waals surface area contributed by atoms with Crippen LogP contribution in [-0.4, -0.2) is 33.2 Å². The third kappa shape index (κ3) is 3.61. The molecule has 0 atom stereocenters. The summed E-state index contributed by atoms with van der Waals surface area (Å²) in [6.45, 7) is 6.73. The van der Waals surface area contributed by atoms with Gasteiger partial charge in [-0.15, -0.1) is 11.3 Å². The van der Waals surface area contributed by atoms with Crippen molar-refractivity contribution in [3.05, 3.63) is 41.3 Å². The minimum absolute atomic E-state index is 0.00472. The maximum Gasteiger partial charge on any atom is 0.181 e. The Morgan fingerprint density at radius 2 is 2.23 bits per heavy atom. The zero-order valence-corrected chi connectivity index (χ0v) is 15.9. The molecule has 0 fully saturated rings. The molecule has 3 heterocycles. The maximum atomic E-state index is 10.9. The number of imidazole rings is 1. The fraction of sp³-hybridized carbons (Fsp3) is 0.278. The van der Waals surface area contributed by atoms with Crippen molar-refractivity contribution in [3.8, 4) is 0 Å². The number of fused-ring (bicyclic) bond motifs is 3. The maximum absolute atomic E-state index is 10.9. The summed E-state index contributed by atoms with van der Waals surface area (Å²) in [4.78, 5) is 22.3. The van der Waals surface area contributed by atoms with Crippen molar-refractivity contribution in [1.82, 2.24) is 19.7 Å². The van der Waals surface area contributed by atoms with Gasteiger partial charge in [-0.25, -0.2) is 9.97 Å². The zero-order valence-electron chi connectivity index (χ0n) is 15.0. The van der Waals surface area contributed by atoms with Crippen molar-refractivity contribution >= 4 is 44.5 Å². The average Bonchev–Trinajstić information content (AvgIpc) is 3.20. The van der Waals surface area contributed by atoms with Crippen LogP contribution in [0.5, 0.6) is 0 Å². The molecule has 0 aliphatic carbocycles. The van der Waals surface area contributed by atoms with E-state index in [1.54, 1.807) is 17.5 Å². The second-order valence-electron chi connectivity index (χ2n) is 5.97. The number of hydrogen-bond acceptors (Lipinski definition) is 7. The highest BCUT2D eigenvalue weighted by molar-refractivity contribution is 7.19. The SMILES string of the molecule is CC(=O)/C=C\N/C=C(\C)c1cc2nc(NCCN)c3ncc(C)n3c2s1. The molecule has 136 valence electrons. The first-order valence-electron chi connectivity index (χ1n) is 8.33. The summed E-state index contributed by atoms with van der Waals surface area (Å²) in [6, 6.07) is 2.06. The van der Waals surface area contributed by atoms with Gasteiger partial charge in [0.05, 0.1) is 0 Å². The second kappa shape index (κ2) is 7.67. The molecular weight excluding hydrogens is 348 g/mol. The van der Waals surface area contributed by atoms with Gasteiger partial charge in [0.25, 0.3) is 0 Å². The predicted molar refractivity (Wildman–Crippen MR) is 107 cm³/mol. The number of carbonyl (C=O) groups is 1. The van der Waals surface area contributed by atoms with Gasteiger partial charge in [-0.1, -0.05) is 0 Å². The largest absolute Gasteiger partial charge is 0.367 e. The molecule has 0 saturated heterocycles. The van der Waals surface area contributed by atoms with E-state index in [2.05, 4.69) is 26.1 Å². The van der Waals surface area contributed by atoms with Gasteiger partial charge in [-0.05, 0) is 38.5 Å². The summed E-state index contributed by atoms with van der Waals surface area (Å²) < 4.78 is 2.12. The van der Waals surface area contributed by atoms with Gasteiger partial charge in [-0.3, -0.25) is 9.20 Å². The second-order valence-corrected chi connectivity index (χ2v) is 7.00. The number of hydrogen-bond donors (Lipinski definition) is 3. The van der Waals surface area contributed by atoms with Gasteiger partial charge >= 0.3 is 0 Å². The van der Waals surface area contributed by atoms with Crippen LogP contribution in [0.25, 0.3) is 21.6 Å². The minimum Gasteiger partial charge on any atom is -0.367 e. The van der Waals surface area contributed by atoms with Crippen LogP contribution >= 0.6 is 11.3 Å². The van der Waals surface area contributed by atoms with E-state index in [9.17, 15) is 4.79 Å². The molecule has 26 heavy (non-hydrogen) atoms. The highest BCUT2D eigenvalue weighted by Crippen LogP contribution is 2.32. The average molecular weight is 370 g/mol. The highest BCUT2D eigenvalue weighted by Gasteiger charge is 2.15. The zero-order chi connectivity index (χ0) is 18.7. The van der Waals surface area contributed by atoms with E-state index in [1.807, 2.05) is 26.2 Å². The van der Waals surface area contributed by atoms with E-state index in [0.29, 0.717) is 13.1 Å². The van der Waals surface area contributed by atoms with Crippen molar-refractivity contribution in [3.63, 3.8) is 0 Å². The van der Waals surface area contributed by atoms with Gasteiger partial charge in [0.1, 0.15) is 10.3 Å². The summed E-state index contributed by atoms with van der Waals surface area (Å²) >= 11 is 1.66. The Balaban J connectivity index is 2.02. The lowest BCUT2D eigenvalue weighted by atomic mass is 10.2. The van der Waals surface area contributed by atoms with Crippen molar-refractivity contribution in [2.75, 3.05) is 18.4 Å². The molecule has 3 rings (SSSR count). The van der Waals surface area contributed by atoms with Gasteiger partial charge in [0, 0.05) is 42.3 Å². The summed E-state index contributed by atoms with van der Waals surface area (Å²) in [5, 5.41) is 6.27. The van der Waals surface area contributed by atoms with Crippen molar-refractivity contribution < 1.29 is 4.79 Å². The Bertz CT molecular complexity index is 1010. The van der Waals surface area contributed by atoms with Crippen LogP contribution in [0.4, 0.5) is 5.82 Å². The van der Waals surface area contributed by atoms with E-state index < -0.39 is 0 Å². The minimum atomic E-state index is 0.00472. The first-order valence-corrected chi connectivity index (χ1v) is 9.14. The topological polar surface area (TPSA) is 97.3 Å². The lowest BCUT2D eigenvalue weighted by molar-refractivity contribution is -0.112. The fourth-order valence-corrected chi connectivity index (χ4v) is 3.69. The van der Waals surface area contributed by atoms with Crippen LogP contribution in [-0.2, 0) is 4.79 Å². The Kier molecular flexibility index (Phi) is 5.34. The summed E-state index contributed by atoms with van der Waals surface area (Å²) in [5.41, 5.74) is 9.43. The molecule has 0 amide bonds. The third-order valence-corrected chi connectivity index (χ3v) is 5.06. The van der Waals surface area contributed by atoms with Gasteiger partial charge < -0.3 is 16.4 Å². The molecule has 0 aliphatic rings. The monoisotopic (exact) mass is 370 g/mol. The van der Waals surface area contributed by atoms with Crippen LogP contribution < -0.4 is 16.4 Å². The normalized spacial score (nSPS) is 12.4. The number of carbonyl (C=O) groups excluding carboxylic acids is 1. The number of aryl methyl sites for hydroxylation is 1. The Labute approximate surface area is 155 Å². The highest BCUT2D eigenvalue weighted by atomic mass is 32.1. The molecule has 7 nitrogen and oxygen atoms in total.